The van der Waals surface area contributed by atoms with E-state index in [1.807, 2.05) is 24.3 Å². The van der Waals surface area contributed by atoms with E-state index in [0.717, 1.165) is 43.0 Å². The normalized spacial score (nSPS) is 31.5. The highest BCUT2D eigenvalue weighted by Crippen LogP contribution is 2.46. The van der Waals surface area contributed by atoms with Gasteiger partial charge in [0.15, 0.2) is 0 Å². The zero-order valence-electron chi connectivity index (χ0n) is 12.7. The van der Waals surface area contributed by atoms with Gasteiger partial charge in [0.1, 0.15) is 5.75 Å². The van der Waals surface area contributed by atoms with Crippen LogP contribution >= 0.6 is 0 Å². The first-order chi connectivity index (χ1) is 10.1. The van der Waals surface area contributed by atoms with Gasteiger partial charge in [-0.05, 0) is 55.9 Å². The van der Waals surface area contributed by atoms with E-state index in [1.54, 1.807) is 7.11 Å². The van der Waals surface area contributed by atoms with Crippen molar-refractivity contribution < 1.29 is 14.3 Å². The van der Waals surface area contributed by atoms with Crippen molar-refractivity contribution in [1.82, 2.24) is 0 Å². The summed E-state index contributed by atoms with van der Waals surface area (Å²) in [5, 5.41) is 3.00. The maximum Gasteiger partial charge on any atom is 0.232 e. The van der Waals surface area contributed by atoms with Crippen molar-refractivity contribution in [3.05, 3.63) is 24.3 Å². The molecular formula is C17H23NO3. The first-order valence-electron chi connectivity index (χ1n) is 7.72. The van der Waals surface area contributed by atoms with Crippen LogP contribution in [-0.2, 0) is 9.53 Å². The summed E-state index contributed by atoms with van der Waals surface area (Å²) in [5.41, 5.74) is 0.621. The Kier molecular flexibility index (Phi) is 3.89. The molecule has 0 aromatic heterocycles. The fourth-order valence-electron chi connectivity index (χ4n) is 3.36. The van der Waals surface area contributed by atoms with E-state index in [0.29, 0.717) is 6.61 Å². The highest BCUT2D eigenvalue weighted by molar-refractivity contribution is 5.94. The fourth-order valence-corrected chi connectivity index (χ4v) is 3.36. The van der Waals surface area contributed by atoms with E-state index < -0.39 is 0 Å². The molecule has 2 aliphatic rings. The molecule has 114 valence electrons. The number of hydrogen-bond acceptors (Lipinski definition) is 3. The van der Waals surface area contributed by atoms with Crippen LogP contribution in [0.1, 0.15) is 32.6 Å². The van der Waals surface area contributed by atoms with Crippen molar-refractivity contribution in [1.29, 1.82) is 0 Å². The summed E-state index contributed by atoms with van der Waals surface area (Å²) < 4.78 is 11.0. The molecule has 0 bridgehead atoms. The summed E-state index contributed by atoms with van der Waals surface area (Å²) in [4.78, 5) is 12.5. The third kappa shape index (κ3) is 2.77. The molecule has 2 fully saturated rings. The molecule has 1 aliphatic heterocycles. The first kappa shape index (κ1) is 14.4. The zero-order chi connectivity index (χ0) is 14.9. The van der Waals surface area contributed by atoms with Crippen molar-refractivity contribution in [3.8, 4) is 5.75 Å². The van der Waals surface area contributed by atoms with Crippen LogP contribution in [0.2, 0.25) is 0 Å². The number of amides is 1. The molecule has 1 aromatic carbocycles. The van der Waals surface area contributed by atoms with Gasteiger partial charge in [-0.3, -0.25) is 4.79 Å². The van der Waals surface area contributed by atoms with Crippen molar-refractivity contribution in [2.75, 3.05) is 19.0 Å². The fraction of sp³-hybridized carbons (Fsp3) is 0.588. The van der Waals surface area contributed by atoms with E-state index in [9.17, 15) is 4.79 Å². The first-order valence-corrected chi connectivity index (χ1v) is 7.72. The van der Waals surface area contributed by atoms with E-state index >= 15 is 0 Å². The predicted octanol–water partition coefficient (Wildman–Crippen LogP) is 3.23. The number of carbonyl (C=O) groups excluding carboxylic acids is 1. The Balaban J connectivity index is 1.62. The predicted molar refractivity (Wildman–Crippen MR) is 81.4 cm³/mol. The van der Waals surface area contributed by atoms with Crippen molar-refractivity contribution in [2.45, 2.75) is 38.2 Å². The van der Waals surface area contributed by atoms with Gasteiger partial charge in [0.05, 0.1) is 25.2 Å². The number of anilines is 1. The molecule has 4 heteroatoms. The maximum absolute atomic E-state index is 12.5. The van der Waals surface area contributed by atoms with Crippen LogP contribution in [0.15, 0.2) is 24.3 Å². The molecule has 1 amide bonds. The third-order valence-corrected chi connectivity index (χ3v) is 4.97. The lowest BCUT2D eigenvalue weighted by molar-refractivity contribution is -0.218. The van der Waals surface area contributed by atoms with E-state index in [1.165, 1.54) is 0 Å². The highest BCUT2D eigenvalue weighted by atomic mass is 16.5. The number of methoxy groups -OCH3 is 1. The Morgan fingerprint density at radius 3 is 2.48 bits per heavy atom. The lowest BCUT2D eigenvalue weighted by Crippen LogP contribution is -2.59. The molecule has 1 unspecified atom stereocenters. The number of nitrogens with one attached hydrogen (secondary N) is 1. The number of rotatable bonds is 3. The minimum Gasteiger partial charge on any atom is -0.497 e. The average molecular weight is 289 g/mol. The van der Waals surface area contributed by atoms with Gasteiger partial charge in [-0.15, -0.1) is 0 Å². The van der Waals surface area contributed by atoms with Crippen LogP contribution in [0.5, 0.6) is 5.75 Å². The van der Waals surface area contributed by atoms with Gasteiger partial charge < -0.3 is 14.8 Å². The summed E-state index contributed by atoms with van der Waals surface area (Å²) in [6, 6.07) is 7.44. The Morgan fingerprint density at radius 1 is 1.29 bits per heavy atom. The lowest BCUT2D eigenvalue weighted by atomic mass is 9.69. The second kappa shape index (κ2) is 5.68. The van der Waals surface area contributed by atoms with Gasteiger partial charge in [-0.1, -0.05) is 6.92 Å². The number of hydrogen-bond donors (Lipinski definition) is 1. The van der Waals surface area contributed by atoms with E-state index in [4.69, 9.17) is 9.47 Å². The Hall–Kier alpha value is -1.55. The smallest absolute Gasteiger partial charge is 0.232 e. The van der Waals surface area contributed by atoms with Gasteiger partial charge in [-0.25, -0.2) is 0 Å². The standard InChI is InChI=1S/C17H23NO3/c1-12-7-9-17(10-8-12)15(11-21-17)16(19)18-13-3-5-14(20-2)6-4-13/h3-6,12,15H,7-11H2,1-2H3,(H,18,19). The monoisotopic (exact) mass is 289 g/mol. The molecule has 0 radical (unpaired) electrons. The van der Waals surface area contributed by atoms with Gasteiger partial charge in [0.25, 0.3) is 0 Å². The molecule has 4 nitrogen and oxygen atoms in total. The van der Waals surface area contributed by atoms with Gasteiger partial charge >= 0.3 is 0 Å². The highest BCUT2D eigenvalue weighted by Gasteiger charge is 2.53. The summed E-state index contributed by atoms with van der Waals surface area (Å²) >= 11 is 0. The third-order valence-electron chi connectivity index (χ3n) is 4.97. The van der Waals surface area contributed by atoms with Crippen LogP contribution in [0.25, 0.3) is 0 Å². The maximum atomic E-state index is 12.5. The summed E-state index contributed by atoms with van der Waals surface area (Å²) in [6.07, 6.45) is 4.34. The molecule has 1 N–H and O–H groups in total. The minimum atomic E-state index is -0.191. The molecule has 1 saturated carbocycles. The van der Waals surface area contributed by atoms with Gasteiger partial charge in [0, 0.05) is 5.69 Å². The molecule has 21 heavy (non-hydrogen) atoms. The number of benzene rings is 1. The molecule has 1 aromatic rings. The average Bonchev–Trinajstić information content (AvgIpc) is 2.48. The molecule has 1 atom stereocenters. The molecule has 1 saturated heterocycles. The minimum absolute atomic E-state index is 0.00731. The summed E-state index contributed by atoms with van der Waals surface area (Å²) in [6.45, 7) is 2.83. The Morgan fingerprint density at radius 2 is 1.95 bits per heavy atom. The van der Waals surface area contributed by atoms with Crippen LogP contribution < -0.4 is 10.1 Å². The van der Waals surface area contributed by atoms with Crippen LogP contribution in [-0.4, -0.2) is 25.2 Å². The van der Waals surface area contributed by atoms with Crippen molar-refractivity contribution in [2.24, 2.45) is 11.8 Å². The molecule has 1 heterocycles. The Labute approximate surface area is 125 Å². The van der Waals surface area contributed by atoms with E-state index in [-0.39, 0.29) is 17.4 Å². The molecule has 1 aliphatic carbocycles. The number of ether oxygens (including phenoxy) is 2. The largest absolute Gasteiger partial charge is 0.497 e. The summed E-state index contributed by atoms with van der Waals surface area (Å²) in [5.74, 6) is 1.62. The van der Waals surface area contributed by atoms with Crippen LogP contribution in [0.4, 0.5) is 5.69 Å². The van der Waals surface area contributed by atoms with Gasteiger partial charge in [-0.2, -0.15) is 0 Å². The second-order valence-corrected chi connectivity index (χ2v) is 6.33. The molecular weight excluding hydrogens is 266 g/mol. The Bertz CT molecular complexity index is 503. The van der Waals surface area contributed by atoms with Crippen molar-refractivity contribution in [3.63, 3.8) is 0 Å². The summed E-state index contributed by atoms with van der Waals surface area (Å²) in [7, 11) is 1.63. The zero-order valence-corrected chi connectivity index (χ0v) is 12.7. The molecule has 3 rings (SSSR count). The van der Waals surface area contributed by atoms with E-state index in [2.05, 4.69) is 12.2 Å². The van der Waals surface area contributed by atoms with Gasteiger partial charge in [0.2, 0.25) is 5.91 Å². The van der Waals surface area contributed by atoms with Crippen molar-refractivity contribution >= 4 is 11.6 Å². The quantitative estimate of drug-likeness (QED) is 0.929. The topological polar surface area (TPSA) is 47.6 Å². The molecule has 1 spiro atoms. The van der Waals surface area contributed by atoms with Crippen LogP contribution in [0, 0.1) is 11.8 Å². The lowest BCUT2D eigenvalue weighted by Gasteiger charge is -2.51. The SMILES string of the molecule is COc1ccc(NC(=O)C2COC23CCC(C)CC3)cc1. The number of carbonyl (C=O) groups is 1. The van der Waals surface area contributed by atoms with Crippen LogP contribution in [0.3, 0.4) is 0 Å². The second-order valence-electron chi connectivity index (χ2n) is 6.33.